The fraction of sp³-hybridized carbons (Fsp3) is 0.111. The van der Waals surface area contributed by atoms with Crippen molar-refractivity contribution in [1.82, 2.24) is 0 Å². The molecule has 0 radical (unpaired) electrons. The Morgan fingerprint density at radius 1 is 1.46 bits per heavy atom. The van der Waals surface area contributed by atoms with Gasteiger partial charge in [0.1, 0.15) is 11.6 Å². The number of halogens is 3. The monoisotopic (exact) mass is 262 g/mol. The Morgan fingerprint density at radius 3 is 2.85 bits per heavy atom. The molecule has 1 aromatic heterocycles. The molecular weight excluding hydrogens is 258 g/mol. The minimum absolute atomic E-state index is 0.319. The standard InChI is InChI=1S/C9H5BrClFO/c1-4-2-5-6(11)3-7(12)8(10)9(5)13-4/h2-3H,1H3. The third kappa shape index (κ3) is 1.36. The van der Waals surface area contributed by atoms with Gasteiger partial charge in [0.05, 0.1) is 9.50 Å². The lowest BCUT2D eigenvalue weighted by atomic mass is 10.2. The van der Waals surface area contributed by atoms with Crippen LogP contribution in [0.4, 0.5) is 4.39 Å². The van der Waals surface area contributed by atoms with Gasteiger partial charge in [0.25, 0.3) is 0 Å². The maximum Gasteiger partial charge on any atom is 0.152 e. The molecule has 0 saturated heterocycles. The lowest BCUT2D eigenvalue weighted by Crippen LogP contribution is -1.78. The SMILES string of the molecule is Cc1cc2c(Cl)cc(F)c(Br)c2o1. The number of hydrogen-bond donors (Lipinski definition) is 0. The fourth-order valence-electron chi connectivity index (χ4n) is 1.22. The van der Waals surface area contributed by atoms with E-state index in [4.69, 9.17) is 16.0 Å². The van der Waals surface area contributed by atoms with Gasteiger partial charge in [0, 0.05) is 5.39 Å². The Balaban J connectivity index is 2.95. The fourth-order valence-corrected chi connectivity index (χ4v) is 1.86. The molecule has 4 heteroatoms. The Labute approximate surface area is 87.6 Å². The van der Waals surface area contributed by atoms with Crippen LogP contribution in [-0.2, 0) is 0 Å². The van der Waals surface area contributed by atoms with E-state index >= 15 is 0 Å². The zero-order chi connectivity index (χ0) is 9.59. The quantitative estimate of drug-likeness (QED) is 0.646. The Bertz CT molecular complexity index is 478. The highest BCUT2D eigenvalue weighted by atomic mass is 79.9. The second-order valence-electron chi connectivity index (χ2n) is 2.75. The van der Waals surface area contributed by atoms with Crippen LogP contribution in [0.15, 0.2) is 21.0 Å². The molecule has 0 spiro atoms. The predicted octanol–water partition coefficient (Wildman–Crippen LogP) is 4.30. The molecule has 0 aliphatic rings. The molecule has 0 atom stereocenters. The highest BCUT2D eigenvalue weighted by Gasteiger charge is 2.12. The number of hydrogen-bond acceptors (Lipinski definition) is 1. The van der Waals surface area contributed by atoms with Crippen LogP contribution in [0.5, 0.6) is 0 Å². The molecule has 0 N–H and O–H groups in total. The molecule has 1 nitrogen and oxygen atoms in total. The molecular formula is C9H5BrClFO. The smallest absolute Gasteiger partial charge is 0.152 e. The van der Waals surface area contributed by atoms with Crippen molar-refractivity contribution in [2.45, 2.75) is 6.92 Å². The van der Waals surface area contributed by atoms with Crippen molar-refractivity contribution in [3.05, 3.63) is 33.2 Å². The van der Waals surface area contributed by atoms with Gasteiger partial charge in [-0.15, -0.1) is 0 Å². The third-order valence-electron chi connectivity index (χ3n) is 1.78. The summed E-state index contributed by atoms with van der Waals surface area (Å²) in [6.45, 7) is 1.79. The largest absolute Gasteiger partial charge is 0.460 e. The number of fused-ring (bicyclic) bond motifs is 1. The highest BCUT2D eigenvalue weighted by Crippen LogP contribution is 2.34. The van der Waals surface area contributed by atoms with E-state index < -0.39 is 5.82 Å². The third-order valence-corrected chi connectivity index (χ3v) is 2.83. The molecule has 1 aromatic carbocycles. The van der Waals surface area contributed by atoms with Gasteiger partial charge in [-0.25, -0.2) is 4.39 Å². The zero-order valence-corrected chi connectivity index (χ0v) is 9.04. The van der Waals surface area contributed by atoms with E-state index in [0.717, 1.165) is 5.39 Å². The lowest BCUT2D eigenvalue weighted by molar-refractivity contribution is 0.567. The number of benzene rings is 1. The van der Waals surface area contributed by atoms with Crippen LogP contribution in [0.1, 0.15) is 5.76 Å². The Morgan fingerprint density at radius 2 is 2.15 bits per heavy atom. The van der Waals surface area contributed by atoms with Gasteiger partial charge in [0.15, 0.2) is 5.58 Å². The molecule has 0 fully saturated rings. The maximum atomic E-state index is 13.1. The summed E-state index contributed by atoms with van der Waals surface area (Å²) in [7, 11) is 0. The summed E-state index contributed by atoms with van der Waals surface area (Å²) in [5.74, 6) is 0.301. The molecule has 2 rings (SSSR count). The summed E-state index contributed by atoms with van der Waals surface area (Å²) in [6.07, 6.45) is 0. The van der Waals surface area contributed by atoms with E-state index in [1.54, 1.807) is 13.0 Å². The maximum absolute atomic E-state index is 13.1. The minimum Gasteiger partial charge on any atom is -0.460 e. The van der Waals surface area contributed by atoms with Crippen LogP contribution in [0.25, 0.3) is 11.0 Å². The molecule has 0 saturated carbocycles. The van der Waals surface area contributed by atoms with Crippen molar-refractivity contribution in [1.29, 1.82) is 0 Å². The van der Waals surface area contributed by atoms with Crippen molar-refractivity contribution < 1.29 is 8.81 Å². The normalized spacial score (nSPS) is 11.1. The van der Waals surface area contributed by atoms with Crippen molar-refractivity contribution in [2.24, 2.45) is 0 Å². The van der Waals surface area contributed by atoms with E-state index in [1.165, 1.54) is 6.07 Å². The lowest BCUT2D eigenvalue weighted by Gasteiger charge is -1.97. The minimum atomic E-state index is -0.410. The molecule has 68 valence electrons. The second kappa shape index (κ2) is 3.00. The average Bonchev–Trinajstić information content (AvgIpc) is 2.44. The Hall–Kier alpha value is -0.540. The molecule has 1 heterocycles. The first-order chi connectivity index (χ1) is 6.09. The zero-order valence-electron chi connectivity index (χ0n) is 6.70. The molecule has 0 bridgehead atoms. The molecule has 0 aliphatic carbocycles. The van der Waals surface area contributed by atoms with E-state index in [0.29, 0.717) is 20.8 Å². The van der Waals surface area contributed by atoms with Crippen LogP contribution in [0.2, 0.25) is 5.02 Å². The predicted molar refractivity (Wildman–Crippen MR) is 53.6 cm³/mol. The van der Waals surface area contributed by atoms with Crippen LogP contribution >= 0.6 is 27.5 Å². The van der Waals surface area contributed by atoms with Crippen LogP contribution in [0.3, 0.4) is 0 Å². The van der Waals surface area contributed by atoms with Crippen LogP contribution in [0, 0.1) is 12.7 Å². The van der Waals surface area contributed by atoms with Gasteiger partial charge < -0.3 is 4.42 Å². The summed E-state index contributed by atoms with van der Waals surface area (Å²) in [4.78, 5) is 0. The summed E-state index contributed by atoms with van der Waals surface area (Å²) in [6, 6.07) is 3.05. The van der Waals surface area contributed by atoms with Gasteiger partial charge in [-0.1, -0.05) is 11.6 Å². The van der Waals surface area contributed by atoms with E-state index in [-0.39, 0.29) is 0 Å². The molecule has 0 amide bonds. The van der Waals surface area contributed by atoms with Crippen molar-refractivity contribution in [3.63, 3.8) is 0 Å². The van der Waals surface area contributed by atoms with Crippen molar-refractivity contribution >= 4 is 38.5 Å². The van der Waals surface area contributed by atoms with E-state index in [1.807, 2.05) is 0 Å². The molecule has 0 unspecified atom stereocenters. The highest BCUT2D eigenvalue weighted by molar-refractivity contribution is 9.10. The van der Waals surface area contributed by atoms with Gasteiger partial charge in [-0.05, 0) is 35.0 Å². The number of aryl methyl sites for hydroxylation is 1. The summed E-state index contributed by atoms with van der Waals surface area (Å²) in [5.41, 5.74) is 0.461. The van der Waals surface area contributed by atoms with Crippen molar-refractivity contribution in [2.75, 3.05) is 0 Å². The average molecular weight is 263 g/mol. The van der Waals surface area contributed by atoms with Gasteiger partial charge in [0.2, 0.25) is 0 Å². The molecule has 2 aromatic rings. The molecule has 13 heavy (non-hydrogen) atoms. The van der Waals surface area contributed by atoms with E-state index in [2.05, 4.69) is 15.9 Å². The summed E-state index contributed by atoms with van der Waals surface area (Å²) >= 11 is 8.93. The Kier molecular flexibility index (Phi) is 2.08. The van der Waals surface area contributed by atoms with Crippen LogP contribution in [-0.4, -0.2) is 0 Å². The summed E-state index contributed by atoms with van der Waals surface area (Å²) in [5, 5.41) is 1.10. The topological polar surface area (TPSA) is 13.1 Å². The first kappa shape index (κ1) is 9.03. The van der Waals surface area contributed by atoms with Crippen LogP contribution < -0.4 is 0 Å². The second-order valence-corrected chi connectivity index (χ2v) is 3.95. The number of rotatable bonds is 0. The van der Waals surface area contributed by atoms with Gasteiger partial charge in [-0.3, -0.25) is 0 Å². The van der Waals surface area contributed by atoms with E-state index in [9.17, 15) is 4.39 Å². The summed E-state index contributed by atoms with van der Waals surface area (Å²) < 4.78 is 18.7. The first-order valence-electron chi connectivity index (χ1n) is 3.63. The van der Waals surface area contributed by atoms with Gasteiger partial charge >= 0.3 is 0 Å². The number of furan rings is 1. The molecule has 0 aliphatic heterocycles. The van der Waals surface area contributed by atoms with Crippen molar-refractivity contribution in [3.8, 4) is 0 Å². The van der Waals surface area contributed by atoms with Gasteiger partial charge in [-0.2, -0.15) is 0 Å². The first-order valence-corrected chi connectivity index (χ1v) is 4.80.